The molecule has 0 spiro atoms. The number of nitrogens with zero attached hydrogens (tertiary/aromatic N) is 4. The summed E-state index contributed by atoms with van der Waals surface area (Å²) in [4.78, 5) is 24.7. The number of rotatable bonds is 6. The number of nitrogens with one attached hydrogen (secondary N) is 1. The molecule has 1 N–H and O–H groups in total. The molecule has 10 nitrogen and oxygen atoms in total. The Morgan fingerprint density at radius 3 is 2.59 bits per heavy atom. The van der Waals surface area contributed by atoms with Gasteiger partial charge in [-0.15, -0.1) is 0 Å². The summed E-state index contributed by atoms with van der Waals surface area (Å²) in [7, 11) is -3.10. The lowest BCUT2D eigenvalue weighted by molar-refractivity contribution is -0.119. The number of sulfone groups is 1. The lowest BCUT2D eigenvalue weighted by Crippen LogP contribution is -2.24. The molecule has 2 aliphatic heterocycles. The number of ether oxygens (including phenoxy) is 1. The monoisotopic (exact) mass is 459 g/mol. The van der Waals surface area contributed by atoms with Gasteiger partial charge < -0.3 is 10.1 Å². The zero-order valence-electron chi connectivity index (χ0n) is 17.9. The molecule has 0 aliphatic carbocycles. The number of carbonyl (C=O) groups excluding carboxylic acids is 2. The van der Waals surface area contributed by atoms with Gasteiger partial charge in [-0.2, -0.15) is 10.2 Å². The number of hydrogen-bond acceptors (Lipinski definition) is 8. The summed E-state index contributed by atoms with van der Waals surface area (Å²) in [6, 6.07) is 8.18. The van der Waals surface area contributed by atoms with E-state index in [0.29, 0.717) is 23.5 Å². The normalized spacial score (nSPS) is 19.6. The minimum Gasteiger partial charge on any atom is -0.452 e. The Morgan fingerprint density at radius 2 is 1.97 bits per heavy atom. The Balaban J connectivity index is 1.33. The molecule has 4 rings (SSSR count). The van der Waals surface area contributed by atoms with E-state index in [1.54, 1.807) is 37.3 Å². The highest BCUT2D eigenvalue weighted by Gasteiger charge is 2.31. The first kappa shape index (κ1) is 22.0. The maximum Gasteiger partial charge on any atom is 0.338 e. The molecule has 0 bridgehead atoms. The smallest absolute Gasteiger partial charge is 0.338 e. The molecule has 1 aromatic heterocycles. The van der Waals surface area contributed by atoms with Crippen LogP contribution in [0, 0.1) is 6.92 Å². The van der Waals surface area contributed by atoms with Gasteiger partial charge >= 0.3 is 5.97 Å². The van der Waals surface area contributed by atoms with Crippen LogP contribution in [0.3, 0.4) is 0 Å². The third-order valence-corrected chi connectivity index (χ3v) is 7.14. The lowest BCUT2D eigenvalue weighted by atomic mass is 10.2. The van der Waals surface area contributed by atoms with E-state index in [1.807, 2.05) is 11.9 Å². The summed E-state index contributed by atoms with van der Waals surface area (Å²) in [5, 5.41) is 13.3. The van der Waals surface area contributed by atoms with Crippen LogP contribution in [0.5, 0.6) is 0 Å². The molecule has 1 atom stereocenters. The molecule has 1 unspecified atom stereocenters. The third-order valence-electron chi connectivity index (χ3n) is 5.39. The van der Waals surface area contributed by atoms with Gasteiger partial charge in [0.05, 0.1) is 34.5 Å². The first-order chi connectivity index (χ1) is 15.2. The van der Waals surface area contributed by atoms with Crippen molar-refractivity contribution >= 4 is 38.9 Å². The molecule has 32 heavy (non-hydrogen) atoms. The van der Waals surface area contributed by atoms with Gasteiger partial charge in [-0.3, -0.25) is 9.80 Å². The van der Waals surface area contributed by atoms with E-state index < -0.39 is 28.3 Å². The number of hydrogen-bond donors (Lipinski definition) is 1. The third kappa shape index (κ3) is 4.98. The second-order valence-corrected chi connectivity index (χ2v) is 10.3. The van der Waals surface area contributed by atoms with Gasteiger partial charge in [-0.1, -0.05) is 0 Å². The topological polar surface area (TPSA) is 123 Å². The Labute approximate surface area is 186 Å². The Hall–Kier alpha value is -3.21. The zero-order valence-corrected chi connectivity index (χ0v) is 18.8. The summed E-state index contributed by atoms with van der Waals surface area (Å²) >= 11 is 0. The molecule has 2 aromatic rings. The number of aryl methyl sites for hydroxylation is 1. The predicted octanol–water partition coefficient (Wildman–Crippen LogP) is 1.93. The van der Waals surface area contributed by atoms with Crippen LogP contribution in [-0.4, -0.2) is 60.4 Å². The molecular formula is C21H25N5O5S. The lowest BCUT2D eigenvalue weighted by Gasteiger charge is -2.14. The van der Waals surface area contributed by atoms with Gasteiger partial charge in [0.2, 0.25) is 0 Å². The highest BCUT2D eigenvalue weighted by Crippen LogP contribution is 2.27. The maximum absolute atomic E-state index is 12.3. The molecular weight excluding hydrogens is 434 g/mol. The quantitative estimate of drug-likeness (QED) is 0.655. The summed E-state index contributed by atoms with van der Waals surface area (Å²) in [6.45, 7) is 4.07. The first-order valence-corrected chi connectivity index (χ1v) is 12.2. The first-order valence-electron chi connectivity index (χ1n) is 10.4. The van der Waals surface area contributed by atoms with E-state index in [0.717, 1.165) is 24.4 Å². The predicted molar refractivity (Wildman–Crippen MR) is 120 cm³/mol. The van der Waals surface area contributed by atoms with Crippen molar-refractivity contribution in [1.82, 2.24) is 9.78 Å². The van der Waals surface area contributed by atoms with Crippen molar-refractivity contribution in [2.24, 2.45) is 5.10 Å². The summed E-state index contributed by atoms with van der Waals surface area (Å²) in [6.07, 6.45) is 1.35. The fourth-order valence-electron chi connectivity index (χ4n) is 3.78. The fraction of sp³-hybridized carbons (Fsp3) is 0.429. The number of carbonyl (C=O) groups is 2. The van der Waals surface area contributed by atoms with Gasteiger partial charge in [-0.25, -0.2) is 17.9 Å². The van der Waals surface area contributed by atoms with Crippen molar-refractivity contribution in [3.8, 4) is 0 Å². The molecule has 2 aliphatic rings. The van der Waals surface area contributed by atoms with E-state index in [2.05, 4.69) is 15.5 Å². The minimum absolute atomic E-state index is 0.00964. The second-order valence-electron chi connectivity index (χ2n) is 8.05. The fourth-order valence-corrected chi connectivity index (χ4v) is 5.47. The standard InChI is InChI=1S/C21H25N5O5S/c1-14-7-9-25(23-14)17-5-3-16(4-6-17)21(28)31-12-20(27)22-19-11-15(2)24-26(19)18-8-10-32(29,30)13-18/h3-6,11,18H,7-10,12-13H2,1-2H3,(H,22,27). The van der Waals surface area contributed by atoms with E-state index in [9.17, 15) is 18.0 Å². The van der Waals surface area contributed by atoms with Crippen molar-refractivity contribution in [2.45, 2.75) is 32.7 Å². The average molecular weight is 460 g/mol. The van der Waals surface area contributed by atoms with Crippen LogP contribution in [0.4, 0.5) is 11.5 Å². The van der Waals surface area contributed by atoms with E-state index in [-0.39, 0.29) is 17.5 Å². The number of anilines is 2. The van der Waals surface area contributed by atoms with Crippen LogP contribution in [-0.2, 0) is 19.4 Å². The van der Waals surface area contributed by atoms with E-state index in [1.165, 1.54) is 4.68 Å². The molecule has 1 aromatic carbocycles. The molecule has 1 fully saturated rings. The van der Waals surface area contributed by atoms with Gasteiger partial charge in [0.15, 0.2) is 16.4 Å². The Kier molecular flexibility index (Phi) is 6.00. The van der Waals surface area contributed by atoms with Crippen molar-refractivity contribution in [2.75, 3.05) is 35.0 Å². The summed E-state index contributed by atoms with van der Waals surface area (Å²) in [5.41, 5.74) is 2.93. The number of esters is 1. The molecule has 11 heteroatoms. The van der Waals surface area contributed by atoms with Gasteiger partial charge in [0, 0.05) is 24.7 Å². The van der Waals surface area contributed by atoms with Crippen molar-refractivity contribution < 1.29 is 22.7 Å². The second kappa shape index (κ2) is 8.73. The number of hydrazone groups is 1. The molecule has 1 saturated heterocycles. The number of benzene rings is 1. The van der Waals surface area contributed by atoms with Crippen molar-refractivity contribution in [1.29, 1.82) is 0 Å². The number of amides is 1. The largest absolute Gasteiger partial charge is 0.452 e. The molecule has 3 heterocycles. The molecule has 170 valence electrons. The maximum atomic E-state index is 12.3. The summed E-state index contributed by atoms with van der Waals surface area (Å²) < 4.78 is 30.2. The van der Waals surface area contributed by atoms with Crippen LogP contribution in [0.25, 0.3) is 0 Å². The average Bonchev–Trinajstić information content (AvgIpc) is 3.44. The van der Waals surface area contributed by atoms with Crippen LogP contribution in [0.1, 0.15) is 41.9 Å². The van der Waals surface area contributed by atoms with Gasteiger partial charge in [0.25, 0.3) is 5.91 Å². The van der Waals surface area contributed by atoms with Crippen LogP contribution < -0.4 is 10.3 Å². The molecule has 0 radical (unpaired) electrons. The zero-order chi connectivity index (χ0) is 22.9. The van der Waals surface area contributed by atoms with Crippen molar-refractivity contribution in [3.05, 3.63) is 41.6 Å². The Morgan fingerprint density at radius 1 is 1.22 bits per heavy atom. The van der Waals surface area contributed by atoms with Crippen LogP contribution in [0.2, 0.25) is 0 Å². The highest BCUT2D eigenvalue weighted by molar-refractivity contribution is 7.91. The van der Waals surface area contributed by atoms with Crippen molar-refractivity contribution in [3.63, 3.8) is 0 Å². The van der Waals surface area contributed by atoms with Gasteiger partial charge in [0.1, 0.15) is 5.82 Å². The molecule has 0 saturated carbocycles. The summed E-state index contributed by atoms with van der Waals surface area (Å²) in [5.74, 6) is -0.663. The SMILES string of the molecule is CC1=NN(c2ccc(C(=O)OCC(=O)Nc3cc(C)nn3C3CCS(=O)(=O)C3)cc2)CC1. The highest BCUT2D eigenvalue weighted by atomic mass is 32.2. The van der Waals surface area contributed by atoms with E-state index in [4.69, 9.17) is 4.74 Å². The minimum atomic E-state index is -3.10. The Bertz CT molecular complexity index is 1170. The van der Waals surface area contributed by atoms with Crippen LogP contribution >= 0.6 is 0 Å². The van der Waals surface area contributed by atoms with Crippen LogP contribution in [0.15, 0.2) is 35.4 Å². The number of aromatic nitrogens is 2. The molecule has 1 amide bonds. The van der Waals surface area contributed by atoms with Gasteiger partial charge in [-0.05, 0) is 44.5 Å². The van der Waals surface area contributed by atoms with E-state index >= 15 is 0 Å².